The van der Waals surface area contributed by atoms with Crippen molar-refractivity contribution in [3.63, 3.8) is 0 Å². The number of piperazine rings is 1. The Labute approximate surface area is 149 Å². The summed E-state index contributed by atoms with van der Waals surface area (Å²) in [5, 5.41) is 3.06. The van der Waals surface area contributed by atoms with E-state index < -0.39 is 0 Å². The van der Waals surface area contributed by atoms with Crippen LogP contribution in [0.5, 0.6) is 0 Å². The Bertz CT molecular complexity index is 680. The lowest BCUT2D eigenvalue weighted by Gasteiger charge is -2.36. The van der Waals surface area contributed by atoms with Crippen molar-refractivity contribution in [2.45, 2.75) is 6.92 Å². The third-order valence-corrected chi connectivity index (χ3v) is 5.73. The Balaban J connectivity index is 1.74. The number of nitrogens with zero attached hydrogens (tertiary/aromatic N) is 2. The average Bonchev–Trinajstić information content (AvgIpc) is 3.02. The summed E-state index contributed by atoms with van der Waals surface area (Å²) in [5.41, 5.74) is 1.99. The second-order valence-electron chi connectivity index (χ2n) is 5.50. The van der Waals surface area contributed by atoms with Gasteiger partial charge in [-0.2, -0.15) is 0 Å². The van der Waals surface area contributed by atoms with Crippen LogP contribution >= 0.6 is 27.3 Å². The van der Waals surface area contributed by atoms with Gasteiger partial charge in [-0.15, -0.1) is 11.3 Å². The highest BCUT2D eigenvalue weighted by molar-refractivity contribution is 9.11. The number of anilines is 2. The lowest BCUT2D eigenvalue weighted by atomic mass is 10.2. The number of carbonyl (C=O) groups is 1. The average molecular weight is 394 g/mol. The smallest absolute Gasteiger partial charge is 0.265 e. The molecule has 2 aromatic rings. The van der Waals surface area contributed by atoms with Gasteiger partial charge in [-0.1, -0.05) is 19.1 Å². The number of carbonyl (C=O) groups excluding carboxylic acids is 1. The fourth-order valence-electron chi connectivity index (χ4n) is 2.78. The number of hydrogen-bond donors (Lipinski definition) is 1. The topological polar surface area (TPSA) is 35.6 Å². The van der Waals surface area contributed by atoms with Crippen LogP contribution in [0, 0.1) is 0 Å². The summed E-state index contributed by atoms with van der Waals surface area (Å²) in [7, 11) is 0. The van der Waals surface area contributed by atoms with E-state index in [1.54, 1.807) is 0 Å². The highest BCUT2D eigenvalue weighted by Crippen LogP contribution is 2.28. The maximum Gasteiger partial charge on any atom is 0.265 e. The molecule has 3 rings (SSSR count). The van der Waals surface area contributed by atoms with Crippen LogP contribution in [0.2, 0.25) is 0 Å². The molecule has 1 saturated heterocycles. The second kappa shape index (κ2) is 7.47. The maximum atomic E-state index is 12.4. The highest BCUT2D eigenvalue weighted by atomic mass is 79.9. The van der Waals surface area contributed by atoms with Gasteiger partial charge in [-0.05, 0) is 46.7 Å². The summed E-state index contributed by atoms with van der Waals surface area (Å²) in [6.07, 6.45) is 0. The van der Waals surface area contributed by atoms with Gasteiger partial charge in [0.05, 0.1) is 20.0 Å². The third kappa shape index (κ3) is 3.94. The summed E-state index contributed by atoms with van der Waals surface area (Å²) in [6.45, 7) is 7.41. The van der Waals surface area contributed by atoms with Gasteiger partial charge >= 0.3 is 0 Å². The predicted octanol–water partition coefficient (Wildman–Crippen LogP) is 3.90. The quantitative estimate of drug-likeness (QED) is 0.854. The van der Waals surface area contributed by atoms with Crippen LogP contribution in [0.25, 0.3) is 0 Å². The zero-order valence-electron chi connectivity index (χ0n) is 13.1. The molecular formula is C17H20BrN3OS. The minimum absolute atomic E-state index is 0.0552. The van der Waals surface area contributed by atoms with Gasteiger partial charge in [-0.3, -0.25) is 4.79 Å². The van der Waals surface area contributed by atoms with Crippen LogP contribution in [-0.4, -0.2) is 43.5 Å². The molecule has 0 spiro atoms. The van der Waals surface area contributed by atoms with E-state index in [0.717, 1.165) is 47.9 Å². The number of para-hydroxylation sites is 2. The van der Waals surface area contributed by atoms with E-state index >= 15 is 0 Å². The number of rotatable bonds is 4. The SMILES string of the molecule is CCN1CCN(c2ccccc2NC(=O)c2ccc(Br)s2)CC1. The number of nitrogens with one attached hydrogen (secondary N) is 1. The van der Waals surface area contributed by atoms with Crippen molar-refractivity contribution in [2.75, 3.05) is 42.9 Å². The first-order chi connectivity index (χ1) is 11.2. The van der Waals surface area contributed by atoms with Crippen LogP contribution < -0.4 is 10.2 Å². The lowest BCUT2D eigenvalue weighted by molar-refractivity contribution is 0.103. The Morgan fingerprint density at radius 2 is 1.91 bits per heavy atom. The van der Waals surface area contributed by atoms with Gasteiger partial charge in [0.1, 0.15) is 0 Å². The first-order valence-electron chi connectivity index (χ1n) is 7.80. The molecule has 1 N–H and O–H groups in total. The molecule has 6 heteroatoms. The van der Waals surface area contributed by atoms with Crippen LogP contribution in [0.4, 0.5) is 11.4 Å². The largest absolute Gasteiger partial charge is 0.367 e. The van der Waals surface area contributed by atoms with Gasteiger partial charge in [0, 0.05) is 26.2 Å². The zero-order valence-corrected chi connectivity index (χ0v) is 15.5. The van der Waals surface area contributed by atoms with E-state index in [9.17, 15) is 4.79 Å². The molecule has 1 aliphatic rings. The zero-order chi connectivity index (χ0) is 16.2. The predicted molar refractivity (Wildman–Crippen MR) is 101 cm³/mol. The van der Waals surface area contributed by atoms with Gasteiger partial charge in [-0.25, -0.2) is 0 Å². The van der Waals surface area contributed by atoms with Crippen molar-refractivity contribution in [3.05, 3.63) is 45.1 Å². The van der Waals surface area contributed by atoms with Crippen molar-refractivity contribution < 1.29 is 4.79 Å². The molecule has 0 radical (unpaired) electrons. The summed E-state index contributed by atoms with van der Waals surface area (Å²) in [6, 6.07) is 11.8. The Hall–Kier alpha value is -1.37. The number of hydrogen-bond acceptors (Lipinski definition) is 4. The molecule has 0 aliphatic carbocycles. The standard InChI is InChI=1S/C17H20BrN3OS/c1-2-20-9-11-21(12-10-20)14-6-4-3-5-13(14)19-17(22)15-7-8-16(18)23-15/h3-8H,2,9-12H2,1H3,(H,19,22). The van der Waals surface area contributed by atoms with E-state index in [-0.39, 0.29) is 5.91 Å². The molecule has 122 valence electrons. The third-order valence-electron chi connectivity index (χ3n) is 4.11. The van der Waals surface area contributed by atoms with Gasteiger partial charge in [0.15, 0.2) is 0 Å². The molecule has 1 aromatic heterocycles. The van der Waals surface area contributed by atoms with Crippen LogP contribution in [0.1, 0.15) is 16.6 Å². The van der Waals surface area contributed by atoms with Crippen molar-refractivity contribution in [2.24, 2.45) is 0 Å². The Morgan fingerprint density at radius 1 is 1.17 bits per heavy atom. The van der Waals surface area contributed by atoms with E-state index in [4.69, 9.17) is 0 Å². The Kier molecular flexibility index (Phi) is 5.35. The van der Waals surface area contributed by atoms with E-state index in [0.29, 0.717) is 4.88 Å². The monoisotopic (exact) mass is 393 g/mol. The minimum atomic E-state index is -0.0552. The van der Waals surface area contributed by atoms with E-state index in [1.807, 2.05) is 30.3 Å². The van der Waals surface area contributed by atoms with E-state index in [1.165, 1.54) is 11.3 Å². The van der Waals surface area contributed by atoms with Crippen LogP contribution in [0.3, 0.4) is 0 Å². The van der Waals surface area contributed by atoms with Gasteiger partial charge in [0.25, 0.3) is 5.91 Å². The fourth-order valence-corrected chi connectivity index (χ4v) is 4.06. The fraction of sp³-hybridized carbons (Fsp3) is 0.353. The molecule has 0 unspecified atom stereocenters. The molecular weight excluding hydrogens is 374 g/mol. The van der Waals surface area contributed by atoms with E-state index in [2.05, 4.69) is 44.0 Å². The van der Waals surface area contributed by atoms with Gasteiger partial charge in [0.2, 0.25) is 0 Å². The molecule has 1 aliphatic heterocycles. The van der Waals surface area contributed by atoms with Gasteiger partial charge < -0.3 is 15.1 Å². The molecule has 1 fully saturated rings. The molecule has 0 atom stereocenters. The molecule has 4 nitrogen and oxygen atoms in total. The van der Waals surface area contributed by atoms with Crippen molar-refractivity contribution in [1.29, 1.82) is 0 Å². The number of likely N-dealkylation sites (N-methyl/N-ethyl adjacent to an activating group) is 1. The lowest BCUT2D eigenvalue weighted by Crippen LogP contribution is -2.46. The van der Waals surface area contributed by atoms with Crippen molar-refractivity contribution in [3.8, 4) is 0 Å². The number of thiophene rings is 1. The first-order valence-corrected chi connectivity index (χ1v) is 9.41. The van der Waals surface area contributed by atoms with Crippen molar-refractivity contribution >= 4 is 44.5 Å². The first kappa shape index (κ1) is 16.5. The molecule has 23 heavy (non-hydrogen) atoms. The normalized spacial score (nSPS) is 15.7. The maximum absolute atomic E-state index is 12.4. The molecule has 1 aromatic carbocycles. The molecule has 2 heterocycles. The number of halogens is 1. The number of amides is 1. The molecule has 0 bridgehead atoms. The molecule has 1 amide bonds. The van der Waals surface area contributed by atoms with Crippen LogP contribution in [-0.2, 0) is 0 Å². The van der Waals surface area contributed by atoms with Crippen molar-refractivity contribution in [1.82, 2.24) is 4.90 Å². The van der Waals surface area contributed by atoms with Crippen LogP contribution in [0.15, 0.2) is 40.2 Å². The Morgan fingerprint density at radius 3 is 2.57 bits per heavy atom. The summed E-state index contributed by atoms with van der Waals surface area (Å²) in [4.78, 5) is 17.9. The summed E-state index contributed by atoms with van der Waals surface area (Å²) in [5.74, 6) is -0.0552. The highest BCUT2D eigenvalue weighted by Gasteiger charge is 2.19. The number of benzene rings is 1. The minimum Gasteiger partial charge on any atom is -0.367 e. The second-order valence-corrected chi connectivity index (χ2v) is 7.96. The molecule has 0 saturated carbocycles. The summed E-state index contributed by atoms with van der Waals surface area (Å²) < 4.78 is 0.964. The summed E-state index contributed by atoms with van der Waals surface area (Å²) >= 11 is 4.85.